The van der Waals surface area contributed by atoms with Crippen molar-refractivity contribution in [3.8, 4) is 0 Å². The topological polar surface area (TPSA) is 37.3 Å². The molecule has 16 heavy (non-hydrogen) atoms. The Labute approximate surface area is 93.2 Å². The van der Waals surface area contributed by atoms with Gasteiger partial charge in [-0.05, 0) is 28.8 Å². The van der Waals surface area contributed by atoms with Gasteiger partial charge in [-0.1, -0.05) is 36.4 Å². The Hall–Kier alpha value is -2.09. The van der Waals surface area contributed by atoms with Gasteiger partial charge in [0.1, 0.15) is 0 Å². The first kappa shape index (κ1) is 9.16. The van der Waals surface area contributed by atoms with Crippen LogP contribution in [0.25, 0.3) is 6.08 Å². The number of fused-ring (bicyclic) bond motifs is 3. The minimum atomic E-state index is -0.871. The lowest BCUT2D eigenvalue weighted by Gasteiger charge is -2.19. The van der Waals surface area contributed by atoms with Crippen molar-refractivity contribution in [2.45, 2.75) is 5.92 Å². The van der Waals surface area contributed by atoms with Gasteiger partial charge in [0.05, 0.1) is 5.56 Å². The highest BCUT2D eigenvalue weighted by Gasteiger charge is 2.21. The van der Waals surface area contributed by atoms with Gasteiger partial charge in [0.15, 0.2) is 0 Å². The first-order chi connectivity index (χ1) is 7.75. The Morgan fingerprint density at radius 2 is 2.12 bits per heavy atom. The molecule has 1 aromatic carbocycles. The number of carboxylic acids is 1. The number of rotatable bonds is 1. The third-order valence-corrected chi connectivity index (χ3v) is 3.08. The van der Waals surface area contributed by atoms with E-state index in [9.17, 15) is 4.79 Å². The van der Waals surface area contributed by atoms with E-state index in [1.165, 1.54) is 5.57 Å². The summed E-state index contributed by atoms with van der Waals surface area (Å²) in [5.41, 5.74) is 3.78. The molecule has 78 valence electrons. The van der Waals surface area contributed by atoms with E-state index in [2.05, 4.69) is 18.2 Å². The Kier molecular flexibility index (Phi) is 1.83. The van der Waals surface area contributed by atoms with E-state index in [1.807, 2.05) is 18.2 Å². The smallest absolute Gasteiger partial charge is 0.335 e. The van der Waals surface area contributed by atoms with E-state index < -0.39 is 5.97 Å². The lowest BCUT2D eigenvalue weighted by molar-refractivity contribution is 0.0697. The van der Waals surface area contributed by atoms with E-state index in [1.54, 1.807) is 12.1 Å². The zero-order valence-electron chi connectivity index (χ0n) is 8.55. The lowest BCUT2D eigenvalue weighted by atomic mass is 9.84. The van der Waals surface area contributed by atoms with E-state index in [0.29, 0.717) is 5.56 Å². The standard InChI is InChI=1S/C14H10O2/c15-14(16)11-7-6-10-5-4-9-2-1-3-12(9)13(10)8-11/h1-8,12H,(H,15,16). The lowest BCUT2D eigenvalue weighted by Crippen LogP contribution is -2.05. The average molecular weight is 210 g/mol. The van der Waals surface area contributed by atoms with Gasteiger partial charge < -0.3 is 5.11 Å². The molecule has 2 nitrogen and oxygen atoms in total. The Balaban J connectivity index is 2.18. The number of hydrogen-bond donors (Lipinski definition) is 1. The maximum absolute atomic E-state index is 10.9. The maximum Gasteiger partial charge on any atom is 0.335 e. The summed E-state index contributed by atoms with van der Waals surface area (Å²) in [7, 11) is 0. The highest BCUT2D eigenvalue weighted by molar-refractivity contribution is 5.88. The molecule has 0 radical (unpaired) electrons. The molecule has 0 saturated carbocycles. The van der Waals surface area contributed by atoms with Crippen LogP contribution in [0.1, 0.15) is 27.4 Å². The molecule has 1 atom stereocenters. The summed E-state index contributed by atoms with van der Waals surface area (Å²) in [6.45, 7) is 0. The van der Waals surface area contributed by atoms with Crippen molar-refractivity contribution in [1.82, 2.24) is 0 Å². The van der Waals surface area contributed by atoms with Crippen molar-refractivity contribution in [1.29, 1.82) is 0 Å². The van der Waals surface area contributed by atoms with E-state index in [0.717, 1.165) is 11.1 Å². The van der Waals surface area contributed by atoms with Crippen LogP contribution < -0.4 is 0 Å². The van der Waals surface area contributed by atoms with Gasteiger partial charge in [0.25, 0.3) is 0 Å². The number of hydrogen-bond acceptors (Lipinski definition) is 1. The fourth-order valence-electron chi connectivity index (χ4n) is 2.25. The summed E-state index contributed by atoms with van der Waals surface area (Å²) in [6.07, 6.45) is 10.3. The minimum Gasteiger partial charge on any atom is -0.478 e. The van der Waals surface area contributed by atoms with E-state index in [4.69, 9.17) is 5.11 Å². The summed E-state index contributed by atoms with van der Waals surface area (Å²) < 4.78 is 0. The first-order valence-corrected chi connectivity index (χ1v) is 5.19. The molecule has 0 spiro atoms. The number of carboxylic acid groups (broad SMARTS) is 1. The highest BCUT2D eigenvalue weighted by atomic mass is 16.4. The zero-order chi connectivity index (χ0) is 11.1. The second-order valence-corrected chi connectivity index (χ2v) is 4.01. The second kappa shape index (κ2) is 3.20. The molecule has 0 saturated heterocycles. The second-order valence-electron chi connectivity index (χ2n) is 4.01. The number of carbonyl (C=O) groups is 1. The van der Waals surface area contributed by atoms with Gasteiger partial charge >= 0.3 is 5.97 Å². The fourth-order valence-corrected chi connectivity index (χ4v) is 2.25. The van der Waals surface area contributed by atoms with E-state index in [-0.39, 0.29) is 5.92 Å². The fraction of sp³-hybridized carbons (Fsp3) is 0.0714. The predicted molar refractivity (Wildman–Crippen MR) is 62.4 cm³/mol. The van der Waals surface area contributed by atoms with Crippen LogP contribution in [0.5, 0.6) is 0 Å². The molecule has 2 heteroatoms. The summed E-state index contributed by atoms with van der Waals surface area (Å²) in [5, 5.41) is 8.98. The van der Waals surface area contributed by atoms with Crippen molar-refractivity contribution in [2.24, 2.45) is 0 Å². The monoisotopic (exact) mass is 210 g/mol. The number of allylic oxidation sites excluding steroid dienone is 5. The number of benzene rings is 1. The SMILES string of the molecule is O=C(O)c1ccc2c(c1)C1C=CC=C1C=C2. The van der Waals surface area contributed by atoms with Crippen LogP contribution in [0.3, 0.4) is 0 Å². The molecule has 0 aliphatic heterocycles. The molecular weight excluding hydrogens is 200 g/mol. The van der Waals surface area contributed by atoms with Crippen molar-refractivity contribution in [2.75, 3.05) is 0 Å². The third-order valence-electron chi connectivity index (χ3n) is 3.08. The molecule has 0 aromatic heterocycles. The van der Waals surface area contributed by atoms with Crippen molar-refractivity contribution < 1.29 is 9.90 Å². The molecule has 0 heterocycles. The Morgan fingerprint density at radius 3 is 2.94 bits per heavy atom. The molecule has 0 fully saturated rings. The van der Waals surface area contributed by atoms with Gasteiger partial charge in [-0.15, -0.1) is 0 Å². The third kappa shape index (κ3) is 1.23. The normalized spacial score (nSPS) is 20.2. The van der Waals surface area contributed by atoms with Crippen LogP contribution in [0.15, 0.2) is 48.1 Å². The molecule has 1 N–H and O–H groups in total. The summed E-state index contributed by atoms with van der Waals surface area (Å²) >= 11 is 0. The van der Waals surface area contributed by atoms with Gasteiger partial charge in [-0.25, -0.2) is 4.79 Å². The minimum absolute atomic E-state index is 0.235. The van der Waals surface area contributed by atoms with Crippen LogP contribution in [0.4, 0.5) is 0 Å². The molecule has 0 amide bonds. The van der Waals surface area contributed by atoms with Gasteiger partial charge in [0.2, 0.25) is 0 Å². The Morgan fingerprint density at radius 1 is 1.25 bits per heavy atom. The number of aromatic carboxylic acids is 1. The van der Waals surface area contributed by atoms with Crippen LogP contribution in [0, 0.1) is 0 Å². The van der Waals surface area contributed by atoms with E-state index >= 15 is 0 Å². The van der Waals surface area contributed by atoms with Crippen LogP contribution >= 0.6 is 0 Å². The average Bonchev–Trinajstić information content (AvgIpc) is 2.76. The van der Waals surface area contributed by atoms with Crippen molar-refractivity contribution in [3.05, 3.63) is 64.8 Å². The molecule has 2 aliphatic rings. The summed E-state index contributed by atoms with van der Waals surface area (Å²) in [5.74, 6) is -0.635. The molecule has 0 bridgehead atoms. The van der Waals surface area contributed by atoms with Crippen LogP contribution in [0.2, 0.25) is 0 Å². The molecule has 2 aliphatic carbocycles. The molecule has 3 rings (SSSR count). The summed E-state index contributed by atoms with van der Waals surface area (Å²) in [6, 6.07) is 5.30. The molecular formula is C14H10O2. The van der Waals surface area contributed by atoms with Crippen LogP contribution in [-0.4, -0.2) is 11.1 Å². The Bertz CT molecular complexity index is 562. The quantitative estimate of drug-likeness (QED) is 0.773. The largest absolute Gasteiger partial charge is 0.478 e. The maximum atomic E-state index is 10.9. The van der Waals surface area contributed by atoms with Gasteiger partial charge in [-0.3, -0.25) is 0 Å². The highest BCUT2D eigenvalue weighted by Crippen LogP contribution is 2.37. The van der Waals surface area contributed by atoms with Gasteiger partial charge in [-0.2, -0.15) is 0 Å². The first-order valence-electron chi connectivity index (χ1n) is 5.19. The molecule has 1 unspecified atom stereocenters. The van der Waals surface area contributed by atoms with Crippen LogP contribution in [-0.2, 0) is 0 Å². The summed E-state index contributed by atoms with van der Waals surface area (Å²) in [4.78, 5) is 10.9. The van der Waals surface area contributed by atoms with Gasteiger partial charge in [0, 0.05) is 5.92 Å². The zero-order valence-corrected chi connectivity index (χ0v) is 8.55. The van der Waals surface area contributed by atoms with Crippen molar-refractivity contribution >= 4 is 12.0 Å². The predicted octanol–water partition coefficient (Wildman–Crippen LogP) is 2.99. The van der Waals surface area contributed by atoms with Crippen molar-refractivity contribution in [3.63, 3.8) is 0 Å². The molecule has 1 aromatic rings.